The molecule has 0 bridgehead atoms. The third-order valence-electron chi connectivity index (χ3n) is 2.76. The Morgan fingerprint density at radius 3 is 2.29 bits per heavy atom. The summed E-state index contributed by atoms with van der Waals surface area (Å²) in [6.45, 7) is 0. The lowest BCUT2D eigenvalue weighted by Crippen LogP contribution is -2.14. The molecule has 2 rings (SSSR count). The molecule has 2 aromatic rings. The number of rotatable bonds is 4. The highest BCUT2D eigenvalue weighted by Crippen LogP contribution is 2.30. The maximum Gasteiger partial charge on any atom is 0.240 e. The summed E-state index contributed by atoms with van der Waals surface area (Å²) in [5, 5.41) is 8.18. The van der Waals surface area contributed by atoms with Gasteiger partial charge in [-0.15, -0.1) is 0 Å². The molecule has 0 heterocycles. The topological polar surface area (TPSA) is 107 Å². The molecule has 0 aliphatic carbocycles. The number of primary sulfonamides is 1. The van der Waals surface area contributed by atoms with Crippen LogP contribution in [0.15, 0.2) is 45.8 Å². The van der Waals surface area contributed by atoms with E-state index in [4.69, 9.17) is 15.6 Å². The van der Waals surface area contributed by atoms with Crippen molar-refractivity contribution in [2.45, 2.75) is 4.90 Å². The maximum absolute atomic E-state index is 11.3. The van der Waals surface area contributed by atoms with Crippen molar-refractivity contribution in [1.82, 2.24) is 0 Å². The minimum atomic E-state index is -3.82. The molecule has 0 aromatic heterocycles. The number of nitrogens with one attached hydrogen (secondary N) is 1. The highest BCUT2D eigenvalue weighted by molar-refractivity contribution is 9.10. The molecule has 0 aliphatic heterocycles. The minimum absolute atomic E-state index is 0.0927. The molecule has 8 heteroatoms. The molecule has 0 radical (unpaired) electrons. The summed E-state index contributed by atoms with van der Waals surface area (Å²) in [4.78, 5) is -0.0936. The predicted molar refractivity (Wildman–Crippen MR) is 86.2 cm³/mol. The van der Waals surface area contributed by atoms with Gasteiger partial charge in [0.15, 0.2) is 0 Å². The number of sulfonamides is 1. The van der Waals surface area contributed by atoms with Gasteiger partial charge in [-0.25, -0.2) is 13.6 Å². The number of methoxy groups -OCH3 is 1. The first-order valence-electron chi connectivity index (χ1n) is 5.84. The molecule has 112 valence electrons. The molecule has 0 atom stereocenters. The lowest BCUT2D eigenvalue weighted by atomic mass is 10.2. The molecular formula is C13H14BrN3O3S. The summed E-state index contributed by atoms with van der Waals surface area (Å²) in [6, 6.07) is 9.93. The average Bonchev–Trinajstić information content (AvgIpc) is 2.37. The van der Waals surface area contributed by atoms with Gasteiger partial charge < -0.3 is 15.8 Å². The Morgan fingerprint density at radius 1 is 1.14 bits per heavy atom. The Morgan fingerprint density at radius 2 is 1.76 bits per heavy atom. The summed E-state index contributed by atoms with van der Waals surface area (Å²) in [7, 11) is -2.23. The van der Waals surface area contributed by atoms with Crippen molar-refractivity contribution in [3.63, 3.8) is 0 Å². The van der Waals surface area contributed by atoms with Crippen molar-refractivity contribution in [3.8, 4) is 5.75 Å². The molecule has 2 aromatic carbocycles. The van der Waals surface area contributed by atoms with Gasteiger partial charge in [-0.2, -0.15) is 0 Å². The third kappa shape index (κ3) is 3.66. The maximum atomic E-state index is 11.3. The number of hydrogen-bond donors (Lipinski definition) is 3. The molecule has 21 heavy (non-hydrogen) atoms. The van der Waals surface area contributed by atoms with Gasteiger partial charge in [-0.1, -0.05) is 0 Å². The van der Waals surface area contributed by atoms with Gasteiger partial charge in [0, 0.05) is 11.4 Å². The third-order valence-corrected chi connectivity index (χ3v) is 4.36. The van der Waals surface area contributed by atoms with E-state index in [0.717, 1.165) is 10.2 Å². The molecule has 0 saturated carbocycles. The minimum Gasteiger partial charge on any atom is -0.496 e. The predicted octanol–water partition coefficient (Wildman–Crippen LogP) is 2.43. The number of nitrogen functional groups attached to an aromatic ring is 1. The molecule has 0 spiro atoms. The van der Waals surface area contributed by atoms with E-state index in [1.807, 2.05) is 12.1 Å². The van der Waals surface area contributed by atoms with Crippen LogP contribution in [0.5, 0.6) is 5.75 Å². The van der Waals surface area contributed by atoms with Gasteiger partial charge in [0.2, 0.25) is 10.0 Å². The van der Waals surface area contributed by atoms with Crippen LogP contribution in [0.1, 0.15) is 0 Å². The van der Waals surface area contributed by atoms with Gasteiger partial charge in [-0.3, -0.25) is 0 Å². The van der Waals surface area contributed by atoms with E-state index in [1.54, 1.807) is 19.2 Å². The van der Waals surface area contributed by atoms with Crippen LogP contribution in [0.2, 0.25) is 0 Å². The Hall–Kier alpha value is -1.77. The van der Waals surface area contributed by atoms with Crippen LogP contribution in [0, 0.1) is 0 Å². The van der Waals surface area contributed by atoms with Crippen LogP contribution >= 0.6 is 15.9 Å². The fourth-order valence-electron chi connectivity index (χ4n) is 1.80. The van der Waals surface area contributed by atoms with Crippen molar-refractivity contribution in [2.75, 3.05) is 18.2 Å². The highest BCUT2D eigenvalue weighted by atomic mass is 79.9. The summed E-state index contributed by atoms with van der Waals surface area (Å²) in [6.07, 6.45) is 0. The molecule has 0 unspecified atom stereocenters. The number of hydrogen-bond acceptors (Lipinski definition) is 5. The van der Waals surface area contributed by atoms with Crippen molar-refractivity contribution in [1.29, 1.82) is 0 Å². The zero-order valence-electron chi connectivity index (χ0n) is 11.1. The summed E-state index contributed by atoms with van der Waals surface area (Å²) >= 11 is 3.39. The van der Waals surface area contributed by atoms with E-state index in [9.17, 15) is 8.42 Å². The highest BCUT2D eigenvalue weighted by Gasteiger charge is 2.12. The second-order valence-corrected chi connectivity index (χ2v) is 6.66. The van der Waals surface area contributed by atoms with Crippen LogP contribution in [0.3, 0.4) is 0 Å². The SMILES string of the molecule is COc1ccc(Nc2ccc(S(N)(=O)=O)c(N)c2)cc1Br. The zero-order valence-corrected chi connectivity index (χ0v) is 13.5. The second-order valence-electron chi connectivity index (χ2n) is 4.27. The standard InChI is InChI=1S/C13H14BrN3O3S/c1-20-12-4-2-8(6-10(12)14)17-9-3-5-13(11(15)7-9)21(16,18)19/h2-7,17H,15H2,1H3,(H2,16,18,19). The molecular weight excluding hydrogens is 358 g/mol. The zero-order chi connectivity index (χ0) is 15.6. The van der Waals surface area contributed by atoms with E-state index >= 15 is 0 Å². The number of nitrogens with two attached hydrogens (primary N) is 2. The van der Waals surface area contributed by atoms with Crippen LogP contribution < -0.4 is 20.9 Å². The fourth-order valence-corrected chi connectivity index (χ4v) is 2.98. The van der Waals surface area contributed by atoms with Gasteiger partial charge in [0.25, 0.3) is 0 Å². The average molecular weight is 372 g/mol. The Bertz CT molecular complexity index is 778. The number of halogens is 1. The number of ether oxygens (including phenoxy) is 1. The summed E-state index contributed by atoms with van der Waals surface area (Å²) in [5.41, 5.74) is 7.25. The first kappa shape index (κ1) is 15.6. The second kappa shape index (κ2) is 5.92. The molecule has 6 nitrogen and oxygen atoms in total. The number of benzene rings is 2. The first-order chi connectivity index (χ1) is 9.81. The first-order valence-corrected chi connectivity index (χ1v) is 8.18. The Labute approximate surface area is 131 Å². The van der Waals surface area contributed by atoms with E-state index < -0.39 is 10.0 Å². The van der Waals surface area contributed by atoms with Crippen LogP contribution in [0.25, 0.3) is 0 Å². The molecule has 0 fully saturated rings. The van der Waals surface area contributed by atoms with E-state index in [-0.39, 0.29) is 10.6 Å². The van der Waals surface area contributed by atoms with Gasteiger partial charge >= 0.3 is 0 Å². The number of anilines is 3. The van der Waals surface area contributed by atoms with Gasteiger partial charge in [0.05, 0.1) is 17.3 Å². The van der Waals surface area contributed by atoms with Crippen molar-refractivity contribution in [3.05, 3.63) is 40.9 Å². The van der Waals surface area contributed by atoms with Crippen LogP contribution in [-0.2, 0) is 10.0 Å². The quantitative estimate of drug-likeness (QED) is 0.715. The van der Waals surface area contributed by atoms with E-state index in [1.165, 1.54) is 12.1 Å². The smallest absolute Gasteiger partial charge is 0.240 e. The van der Waals surface area contributed by atoms with Gasteiger partial charge in [-0.05, 0) is 52.3 Å². The molecule has 0 amide bonds. The van der Waals surface area contributed by atoms with Gasteiger partial charge in [0.1, 0.15) is 10.6 Å². The molecule has 0 aliphatic rings. The summed E-state index contributed by atoms with van der Waals surface area (Å²) in [5.74, 6) is 0.713. The van der Waals surface area contributed by atoms with Crippen molar-refractivity contribution < 1.29 is 13.2 Å². The Kier molecular flexibility index (Phi) is 4.40. The largest absolute Gasteiger partial charge is 0.496 e. The molecule has 0 saturated heterocycles. The lowest BCUT2D eigenvalue weighted by Gasteiger charge is -2.11. The van der Waals surface area contributed by atoms with E-state index in [2.05, 4.69) is 21.2 Å². The Balaban J connectivity index is 2.29. The monoisotopic (exact) mass is 371 g/mol. The fraction of sp³-hybridized carbons (Fsp3) is 0.0769. The van der Waals surface area contributed by atoms with Crippen LogP contribution in [-0.4, -0.2) is 15.5 Å². The van der Waals surface area contributed by atoms with E-state index in [0.29, 0.717) is 11.4 Å². The normalized spacial score (nSPS) is 11.2. The van der Waals surface area contributed by atoms with Crippen molar-refractivity contribution >= 4 is 43.0 Å². The summed E-state index contributed by atoms with van der Waals surface area (Å²) < 4.78 is 28.5. The van der Waals surface area contributed by atoms with Crippen LogP contribution in [0.4, 0.5) is 17.1 Å². The van der Waals surface area contributed by atoms with Crippen molar-refractivity contribution in [2.24, 2.45) is 5.14 Å². The molecule has 5 N–H and O–H groups in total. The lowest BCUT2D eigenvalue weighted by molar-refractivity contribution is 0.412.